The van der Waals surface area contributed by atoms with Crippen LogP contribution in [0.4, 0.5) is 4.39 Å². The summed E-state index contributed by atoms with van der Waals surface area (Å²) in [5, 5.41) is 20.4. The number of carboxylic acid groups (broad SMARTS) is 1. The lowest BCUT2D eigenvalue weighted by Gasteiger charge is -2.35. The van der Waals surface area contributed by atoms with Crippen molar-refractivity contribution in [2.45, 2.75) is 45.1 Å². The molecule has 1 aromatic heterocycles. The first-order valence-corrected chi connectivity index (χ1v) is 9.43. The van der Waals surface area contributed by atoms with Gasteiger partial charge in [0.15, 0.2) is 0 Å². The number of aliphatic carboxylic acids is 1. The molecular formula is C19H24FN5O3. The van der Waals surface area contributed by atoms with Crippen LogP contribution in [0.2, 0.25) is 0 Å². The molecule has 0 radical (unpaired) electrons. The maximum Gasteiger partial charge on any atom is 0.303 e. The number of amides is 1. The van der Waals surface area contributed by atoms with Gasteiger partial charge >= 0.3 is 5.97 Å². The molecule has 28 heavy (non-hydrogen) atoms. The number of hydrogen-bond donors (Lipinski definition) is 1. The highest BCUT2D eigenvalue weighted by atomic mass is 19.1. The minimum absolute atomic E-state index is 0.0975. The molecule has 1 saturated heterocycles. The van der Waals surface area contributed by atoms with Crippen LogP contribution >= 0.6 is 0 Å². The Morgan fingerprint density at radius 3 is 2.71 bits per heavy atom. The smallest absolute Gasteiger partial charge is 0.303 e. The molecule has 0 bridgehead atoms. The molecule has 0 saturated carbocycles. The van der Waals surface area contributed by atoms with Crippen LogP contribution in [0.25, 0.3) is 0 Å². The Morgan fingerprint density at radius 2 is 2.07 bits per heavy atom. The Labute approximate surface area is 162 Å². The fourth-order valence-corrected chi connectivity index (χ4v) is 3.69. The predicted molar refractivity (Wildman–Crippen MR) is 97.9 cm³/mol. The van der Waals surface area contributed by atoms with Crippen molar-refractivity contribution in [3.8, 4) is 0 Å². The van der Waals surface area contributed by atoms with Gasteiger partial charge in [0.1, 0.15) is 17.7 Å². The number of aryl methyl sites for hydroxylation is 1. The molecule has 0 unspecified atom stereocenters. The molecule has 3 rings (SSSR count). The number of aromatic nitrogens is 4. The van der Waals surface area contributed by atoms with Crippen LogP contribution in [-0.4, -0.2) is 55.2 Å². The van der Waals surface area contributed by atoms with Crippen molar-refractivity contribution in [2.75, 3.05) is 13.1 Å². The SMILES string of the molecule is Cc1nnnn1[C@@H](Cc1ccc(F)cc1)C(=O)N1CCC[C@@H](CCC(=O)O)C1. The number of halogens is 1. The van der Waals surface area contributed by atoms with Crippen LogP contribution < -0.4 is 0 Å². The van der Waals surface area contributed by atoms with E-state index in [2.05, 4.69) is 15.5 Å². The van der Waals surface area contributed by atoms with Crippen molar-refractivity contribution in [2.24, 2.45) is 5.92 Å². The molecule has 8 nitrogen and oxygen atoms in total. The van der Waals surface area contributed by atoms with Crippen LogP contribution in [0.15, 0.2) is 24.3 Å². The number of tetrazole rings is 1. The molecule has 1 fully saturated rings. The van der Waals surface area contributed by atoms with E-state index in [1.807, 2.05) is 0 Å². The second-order valence-corrected chi connectivity index (χ2v) is 7.24. The van der Waals surface area contributed by atoms with Gasteiger partial charge in [0.2, 0.25) is 5.91 Å². The van der Waals surface area contributed by atoms with E-state index in [1.54, 1.807) is 24.0 Å². The van der Waals surface area contributed by atoms with E-state index in [0.29, 0.717) is 31.8 Å². The third-order valence-electron chi connectivity index (χ3n) is 5.18. The zero-order valence-electron chi connectivity index (χ0n) is 15.8. The normalized spacial score (nSPS) is 18.1. The minimum Gasteiger partial charge on any atom is -0.481 e. The molecule has 2 heterocycles. The van der Waals surface area contributed by atoms with E-state index >= 15 is 0 Å². The van der Waals surface area contributed by atoms with Gasteiger partial charge in [-0.15, -0.1) is 5.10 Å². The van der Waals surface area contributed by atoms with Crippen molar-refractivity contribution in [3.05, 3.63) is 41.5 Å². The van der Waals surface area contributed by atoms with Crippen molar-refractivity contribution in [1.82, 2.24) is 25.1 Å². The number of hydrogen-bond acceptors (Lipinski definition) is 5. The third kappa shape index (κ3) is 4.90. The fraction of sp³-hybridized carbons (Fsp3) is 0.526. The van der Waals surface area contributed by atoms with E-state index in [0.717, 1.165) is 18.4 Å². The summed E-state index contributed by atoms with van der Waals surface area (Å²) in [5.74, 6) is -0.542. The van der Waals surface area contributed by atoms with E-state index in [-0.39, 0.29) is 24.1 Å². The average molecular weight is 389 g/mol. The van der Waals surface area contributed by atoms with Crippen LogP contribution in [0, 0.1) is 18.7 Å². The molecule has 9 heteroatoms. The Bertz CT molecular complexity index is 823. The lowest BCUT2D eigenvalue weighted by molar-refractivity contribution is -0.138. The lowest BCUT2D eigenvalue weighted by atomic mass is 9.92. The van der Waals surface area contributed by atoms with Crippen molar-refractivity contribution in [1.29, 1.82) is 0 Å². The first kappa shape index (κ1) is 19.9. The summed E-state index contributed by atoms with van der Waals surface area (Å²) >= 11 is 0. The molecule has 2 atom stereocenters. The van der Waals surface area contributed by atoms with E-state index in [9.17, 15) is 14.0 Å². The number of carbonyl (C=O) groups excluding carboxylic acids is 1. The topological polar surface area (TPSA) is 101 Å². The Morgan fingerprint density at radius 1 is 1.32 bits per heavy atom. The fourth-order valence-electron chi connectivity index (χ4n) is 3.69. The summed E-state index contributed by atoms with van der Waals surface area (Å²) in [6.07, 6.45) is 2.78. The van der Waals surface area contributed by atoms with Crippen LogP contribution in [-0.2, 0) is 16.0 Å². The first-order valence-electron chi connectivity index (χ1n) is 9.43. The number of carboxylic acids is 1. The number of benzene rings is 1. The summed E-state index contributed by atoms with van der Waals surface area (Å²) in [7, 11) is 0. The number of piperidine rings is 1. The van der Waals surface area contributed by atoms with Gasteiger partial charge in [0, 0.05) is 25.9 Å². The Balaban J connectivity index is 1.77. The number of rotatable bonds is 7. The first-order chi connectivity index (χ1) is 13.4. The molecule has 150 valence electrons. The summed E-state index contributed by atoms with van der Waals surface area (Å²) in [4.78, 5) is 26.0. The number of carbonyl (C=O) groups is 2. The van der Waals surface area contributed by atoms with E-state index < -0.39 is 12.0 Å². The zero-order chi connectivity index (χ0) is 20.1. The van der Waals surface area contributed by atoms with Gasteiger partial charge in [-0.1, -0.05) is 12.1 Å². The minimum atomic E-state index is -0.818. The summed E-state index contributed by atoms with van der Waals surface area (Å²) in [6.45, 7) is 2.90. The molecule has 1 aliphatic heterocycles. The second kappa shape index (κ2) is 8.90. The van der Waals surface area contributed by atoms with Gasteiger partial charge in [0.25, 0.3) is 0 Å². The van der Waals surface area contributed by atoms with Gasteiger partial charge in [-0.25, -0.2) is 9.07 Å². The van der Waals surface area contributed by atoms with Gasteiger partial charge in [-0.05, 0) is 60.2 Å². The summed E-state index contributed by atoms with van der Waals surface area (Å²) in [5.41, 5.74) is 0.814. The summed E-state index contributed by atoms with van der Waals surface area (Å²) in [6, 6.07) is 5.42. The van der Waals surface area contributed by atoms with Gasteiger partial charge in [-0.2, -0.15) is 0 Å². The van der Waals surface area contributed by atoms with E-state index in [4.69, 9.17) is 5.11 Å². The Kier molecular flexibility index (Phi) is 6.33. The average Bonchev–Trinajstić information content (AvgIpc) is 3.11. The summed E-state index contributed by atoms with van der Waals surface area (Å²) < 4.78 is 14.7. The number of likely N-dealkylation sites (tertiary alicyclic amines) is 1. The van der Waals surface area contributed by atoms with Gasteiger partial charge in [-0.3, -0.25) is 9.59 Å². The quantitative estimate of drug-likeness (QED) is 0.777. The highest BCUT2D eigenvalue weighted by molar-refractivity contribution is 5.81. The second-order valence-electron chi connectivity index (χ2n) is 7.24. The molecule has 0 spiro atoms. The van der Waals surface area contributed by atoms with Crippen molar-refractivity contribution >= 4 is 11.9 Å². The highest BCUT2D eigenvalue weighted by Crippen LogP contribution is 2.25. The molecule has 1 amide bonds. The standard InChI is InChI=1S/C19H24FN5O3/c1-13-21-22-23-25(13)17(11-14-4-7-16(20)8-5-14)19(28)24-10-2-3-15(12-24)6-9-18(26)27/h4-5,7-8,15,17H,2-3,6,9-12H2,1H3,(H,26,27)/t15-,17-/m0/s1. The highest BCUT2D eigenvalue weighted by Gasteiger charge is 2.32. The molecular weight excluding hydrogens is 365 g/mol. The zero-order valence-corrected chi connectivity index (χ0v) is 15.8. The largest absolute Gasteiger partial charge is 0.481 e. The van der Waals surface area contributed by atoms with E-state index in [1.165, 1.54) is 16.8 Å². The van der Waals surface area contributed by atoms with Gasteiger partial charge < -0.3 is 10.0 Å². The number of nitrogens with zero attached hydrogens (tertiary/aromatic N) is 5. The lowest BCUT2D eigenvalue weighted by Crippen LogP contribution is -2.44. The van der Waals surface area contributed by atoms with Crippen molar-refractivity contribution < 1.29 is 19.1 Å². The molecule has 1 aromatic carbocycles. The molecule has 2 aromatic rings. The third-order valence-corrected chi connectivity index (χ3v) is 5.18. The Hall–Kier alpha value is -2.84. The van der Waals surface area contributed by atoms with Crippen molar-refractivity contribution in [3.63, 3.8) is 0 Å². The van der Waals surface area contributed by atoms with Crippen LogP contribution in [0.1, 0.15) is 43.1 Å². The van der Waals surface area contributed by atoms with Crippen LogP contribution in [0.3, 0.4) is 0 Å². The van der Waals surface area contributed by atoms with Gasteiger partial charge in [0.05, 0.1) is 0 Å². The monoisotopic (exact) mass is 389 g/mol. The van der Waals surface area contributed by atoms with Crippen LogP contribution in [0.5, 0.6) is 0 Å². The predicted octanol–water partition coefficient (Wildman–Crippen LogP) is 2.01. The molecule has 1 N–H and O–H groups in total. The molecule has 0 aliphatic carbocycles. The maximum atomic E-state index is 13.3. The molecule has 1 aliphatic rings. The maximum absolute atomic E-state index is 13.3.